The summed E-state index contributed by atoms with van der Waals surface area (Å²) in [6, 6.07) is 6.50. The molecule has 0 heterocycles. The molecule has 0 amide bonds. The molecule has 0 aliphatic rings. The van der Waals surface area contributed by atoms with Gasteiger partial charge in [-0.25, -0.2) is 8.42 Å². The van der Waals surface area contributed by atoms with Crippen LogP contribution in [0.25, 0.3) is 0 Å². The van der Waals surface area contributed by atoms with E-state index in [1.807, 2.05) is 6.07 Å². The van der Waals surface area contributed by atoms with Gasteiger partial charge >= 0.3 is 29.6 Å². The Hall–Kier alpha value is 0.130. The predicted octanol–water partition coefficient (Wildman–Crippen LogP) is 9.86. The fraction of sp³-hybridized carbons (Fsp3) is 0.842. The topological polar surface area (TPSA) is 57.2 Å². The number of hydrogen-bond donors (Lipinski definition) is 0. The van der Waals surface area contributed by atoms with Crippen molar-refractivity contribution in [2.75, 3.05) is 0 Å². The van der Waals surface area contributed by atoms with Crippen LogP contribution in [-0.4, -0.2) is 13.0 Å². The molecule has 0 aliphatic carbocycles. The Morgan fingerprint density at radius 2 is 0.744 bits per heavy atom. The molecule has 0 aliphatic heterocycles. The van der Waals surface area contributed by atoms with Gasteiger partial charge in [0.2, 0.25) is 0 Å². The first-order valence-electron chi connectivity index (χ1n) is 18.6. The summed E-state index contributed by atoms with van der Waals surface area (Å²) in [6.45, 7) is 2.30. The van der Waals surface area contributed by atoms with Gasteiger partial charge in [-0.2, -0.15) is 0 Å². The van der Waals surface area contributed by atoms with Crippen molar-refractivity contribution in [2.24, 2.45) is 0 Å². The van der Waals surface area contributed by atoms with E-state index in [-0.39, 0.29) is 34.5 Å². The molecule has 0 saturated carbocycles. The molecular weight excluding hydrogens is 559 g/mol. The van der Waals surface area contributed by atoms with Crippen molar-refractivity contribution in [1.82, 2.24) is 0 Å². The van der Waals surface area contributed by atoms with Crippen LogP contribution in [0.1, 0.15) is 205 Å². The summed E-state index contributed by atoms with van der Waals surface area (Å²) in [5.41, 5.74) is 0.951. The van der Waals surface area contributed by atoms with Gasteiger partial charge in [-0.05, 0) is 30.5 Å². The molecule has 0 fully saturated rings. The summed E-state index contributed by atoms with van der Waals surface area (Å²) < 4.78 is 33.4. The molecule has 0 N–H and O–H groups in total. The van der Waals surface area contributed by atoms with Crippen molar-refractivity contribution in [2.45, 2.75) is 211 Å². The van der Waals surface area contributed by atoms with Crippen molar-refractivity contribution >= 4 is 10.1 Å². The molecule has 5 heteroatoms. The SMILES string of the molecule is CCCCCCCCCCCCCCCCCCCCCCCCCCCCCCCCc1cccc(S(=O)(=O)[O-])c1.[Na+]. The Balaban J connectivity index is 0.0000176. The second kappa shape index (κ2) is 32.1. The Kier molecular flexibility index (Phi) is 32.2. The fourth-order valence-electron chi connectivity index (χ4n) is 6.21. The van der Waals surface area contributed by atoms with Gasteiger partial charge in [-0.3, -0.25) is 0 Å². The summed E-state index contributed by atoms with van der Waals surface area (Å²) in [7, 11) is -4.35. The summed E-state index contributed by atoms with van der Waals surface area (Å²) in [4.78, 5) is -0.106. The number of hydrogen-bond acceptors (Lipinski definition) is 3. The first kappa shape index (κ1) is 43.1. The molecule has 3 nitrogen and oxygen atoms in total. The molecule has 43 heavy (non-hydrogen) atoms. The molecule has 1 aromatic carbocycles. The van der Waals surface area contributed by atoms with Crippen LogP contribution in [0.2, 0.25) is 0 Å². The second-order valence-electron chi connectivity index (χ2n) is 13.1. The second-order valence-corrected chi connectivity index (χ2v) is 14.5. The average molecular weight is 629 g/mol. The quantitative estimate of drug-likeness (QED) is 0.0453. The Labute approximate surface area is 291 Å². The smallest absolute Gasteiger partial charge is 0.744 e. The predicted molar refractivity (Wildman–Crippen MR) is 182 cm³/mol. The van der Waals surface area contributed by atoms with Gasteiger partial charge in [0.25, 0.3) is 0 Å². The molecule has 0 saturated heterocycles. The maximum absolute atomic E-state index is 11.1. The minimum atomic E-state index is -4.35. The molecule has 0 unspecified atom stereocenters. The molecular formula is C38H69NaO3S. The normalized spacial score (nSPS) is 11.6. The van der Waals surface area contributed by atoms with E-state index < -0.39 is 10.1 Å². The number of unbranched alkanes of at least 4 members (excludes halogenated alkanes) is 29. The third-order valence-electron chi connectivity index (χ3n) is 9.01. The zero-order valence-electron chi connectivity index (χ0n) is 28.9. The zero-order chi connectivity index (χ0) is 30.4. The molecule has 0 spiro atoms. The van der Waals surface area contributed by atoms with Crippen LogP contribution in [0.5, 0.6) is 0 Å². The number of aryl methyl sites for hydroxylation is 1. The van der Waals surface area contributed by atoms with Crippen LogP contribution in [0.4, 0.5) is 0 Å². The van der Waals surface area contributed by atoms with E-state index in [0.717, 1.165) is 18.4 Å². The monoisotopic (exact) mass is 628 g/mol. The van der Waals surface area contributed by atoms with Crippen LogP contribution in [0.3, 0.4) is 0 Å². The summed E-state index contributed by atoms with van der Waals surface area (Å²) in [6.07, 6.45) is 43.0. The first-order chi connectivity index (χ1) is 20.5. The summed E-state index contributed by atoms with van der Waals surface area (Å²) in [5, 5.41) is 0. The maximum atomic E-state index is 11.1. The van der Waals surface area contributed by atoms with E-state index in [1.165, 1.54) is 198 Å². The van der Waals surface area contributed by atoms with Crippen LogP contribution >= 0.6 is 0 Å². The Morgan fingerprint density at radius 3 is 1.02 bits per heavy atom. The van der Waals surface area contributed by atoms with E-state index in [4.69, 9.17) is 0 Å². The molecule has 0 atom stereocenters. The van der Waals surface area contributed by atoms with E-state index in [0.29, 0.717) is 0 Å². The number of benzene rings is 1. The van der Waals surface area contributed by atoms with Gasteiger partial charge in [0.05, 0.1) is 4.90 Å². The fourth-order valence-corrected chi connectivity index (χ4v) is 6.75. The Morgan fingerprint density at radius 1 is 0.465 bits per heavy atom. The summed E-state index contributed by atoms with van der Waals surface area (Å²) >= 11 is 0. The van der Waals surface area contributed by atoms with Crippen LogP contribution in [0.15, 0.2) is 29.2 Å². The van der Waals surface area contributed by atoms with Crippen LogP contribution in [-0.2, 0) is 16.5 Å². The molecule has 0 bridgehead atoms. The molecule has 1 rings (SSSR count). The minimum absolute atomic E-state index is 0. The average Bonchev–Trinajstić information content (AvgIpc) is 2.98. The Bertz CT molecular complexity index is 811. The van der Waals surface area contributed by atoms with E-state index in [2.05, 4.69) is 6.92 Å². The largest absolute Gasteiger partial charge is 1.00 e. The molecule has 0 aromatic heterocycles. The van der Waals surface area contributed by atoms with Gasteiger partial charge in [0, 0.05) is 0 Å². The number of rotatable bonds is 32. The molecule has 0 radical (unpaired) electrons. The van der Waals surface area contributed by atoms with E-state index in [9.17, 15) is 13.0 Å². The summed E-state index contributed by atoms with van der Waals surface area (Å²) in [5.74, 6) is 0. The third kappa shape index (κ3) is 29.3. The van der Waals surface area contributed by atoms with E-state index in [1.54, 1.807) is 6.07 Å². The van der Waals surface area contributed by atoms with Gasteiger partial charge in [0.15, 0.2) is 0 Å². The zero-order valence-corrected chi connectivity index (χ0v) is 31.7. The van der Waals surface area contributed by atoms with Crippen molar-refractivity contribution in [3.63, 3.8) is 0 Å². The molecule has 1 aromatic rings. The first-order valence-corrected chi connectivity index (χ1v) is 20.0. The van der Waals surface area contributed by atoms with Crippen molar-refractivity contribution in [3.8, 4) is 0 Å². The van der Waals surface area contributed by atoms with Crippen molar-refractivity contribution < 1.29 is 42.5 Å². The molecule has 246 valence electrons. The van der Waals surface area contributed by atoms with Gasteiger partial charge in [0.1, 0.15) is 10.1 Å². The standard InChI is InChI=1S/C38H70O3S.Na/c1-2-3-4-5-6-7-8-9-10-11-12-13-14-15-16-17-18-19-20-21-22-23-24-25-26-27-28-29-30-31-33-37-34-32-35-38(36-37)42(39,40)41;/h32,34-36H,2-31,33H2,1H3,(H,39,40,41);/q;+1/p-1. The van der Waals surface area contributed by atoms with Gasteiger partial charge in [-0.15, -0.1) is 0 Å². The minimum Gasteiger partial charge on any atom is -0.744 e. The van der Waals surface area contributed by atoms with Crippen molar-refractivity contribution in [3.05, 3.63) is 29.8 Å². The third-order valence-corrected chi connectivity index (χ3v) is 9.84. The van der Waals surface area contributed by atoms with Crippen molar-refractivity contribution in [1.29, 1.82) is 0 Å². The van der Waals surface area contributed by atoms with E-state index >= 15 is 0 Å². The van der Waals surface area contributed by atoms with Gasteiger partial charge in [-0.1, -0.05) is 205 Å². The van der Waals surface area contributed by atoms with Crippen LogP contribution in [0, 0.1) is 0 Å². The maximum Gasteiger partial charge on any atom is 1.00 e. The van der Waals surface area contributed by atoms with Gasteiger partial charge < -0.3 is 4.55 Å². The van der Waals surface area contributed by atoms with Crippen LogP contribution < -0.4 is 29.6 Å².